The number of aliphatic carboxylic acids is 1. The molecule has 0 amide bonds. The van der Waals surface area contributed by atoms with Crippen LogP contribution in [-0.2, 0) is 4.79 Å². The molecular formula is C20H19NO4S. The molecule has 5 nitrogen and oxygen atoms in total. The van der Waals surface area contributed by atoms with Gasteiger partial charge in [-0.25, -0.2) is 4.79 Å². The fourth-order valence-electron chi connectivity index (χ4n) is 2.75. The molecule has 0 saturated heterocycles. The Kier molecular flexibility index (Phi) is 5.35. The highest BCUT2D eigenvalue weighted by atomic mass is 32.2. The van der Waals surface area contributed by atoms with Crippen LogP contribution in [-0.4, -0.2) is 29.4 Å². The number of hydrogen-bond acceptors (Lipinski definition) is 5. The lowest BCUT2D eigenvalue weighted by atomic mass is 10.1. The van der Waals surface area contributed by atoms with E-state index in [4.69, 9.17) is 10.5 Å². The first-order valence-corrected chi connectivity index (χ1v) is 8.88. The molecule has 0 bridgehead atoms. The minimum Gasteiger partial charge on any atom is -0.497 e. The number of thioether (sulfide) groups is 1. The SMILES string of the molecule is COc1ccc([C@@H](Sc2ccc3ccccc3c2N)[C@@H](O)C(=O)O)cc1. The molecule has 0 heterocycles. The van der Waals surface area contributed by atoms with Crippen LogP contribution in [0.25, 0.3) is 10.8 Å². The molecule has 2 atom stereocenters. The fourth-order valence-corrected chi connectivity index (χ4v) is 3.95. The van der Waals surface area contributed by atoms with Crippen LogP contribution in [0.3, 0.4) is 0 Å². The van der Waals surface area contributed by atoms with Gasteiger partial charge in [-0.2, -0.15) is 0 Å². The Morgan fingerprint density at radius 3 is 2.42 bits per heavy atom. The number of hydrogen-bond donors (Lipinski definition) is 3. The summed E-state index contributed by atoms with van der Waals surface area (Å²) in [5.41, 5.74) is 7.55. The third-order valence-corrected chi connectivity index (χ3v) is 5.56. The van der Waals surface area contributed by atoms with Gasteiger partial charge in [0.05, 0.1) is 18.0 Å². The van der Waals surface area contributed by atoms with Crippen molar-refractivity contribution in [3.8, 4) is 5.75 Å². The minimum atomic E-state index is -1.57. The Bertz CT molecular complexity index is 927. The van der Waals surface area contributed by atoms with Crippen LogP contribution < -0.4 is 10.5 Å². The van der Waals surface area contributed by atoms with Crippen molar-refractivity contribution < 1.29 is 19.7 Å². The predicted molar refractivity (Wildman–Crippen MR) is 104 cm³/mol. The second-order valence-electron chi connectivity index (χ2n) is 5.79. The highest BCUT2D eigenvalue weighted by Crippen LogP contribution is 2.42. The first-order chi connectivity index (χ1) is 12.5. The molecule has 4 N–H and O–H groups in total. The number of methoxy groups -OCH3 is 1. The van der Waals surface area contributed by atoms with Crippen molar-refractivity contribution in [3.63, 3.8) is 0 Å². The molecule has 0 radical (unpaired) electrons. The van der Waals surface area contributed by atoms with E-state index in [1.54, 1.807) is 31.4 Å². The highest BCUT2D eigenvalue weighted by Gasteiger charge is 2.29. The number of nitrogens with two attached hydrogens (primary N) is 1. The fraction of sp³-hybridized carbons (Fsp3) is 0.150. The van der Waals surface area contributed by atoms with Crippen LogP contribution in [0.1, 0.15) is 10.8 Å². The molecule has 0 spiro atoms. The number of aliphatic hydroxyl groups excluding tert-OH is 1. The molecule has 0 unspecified atom stereocenters. The lowest BCUT2D eigenvalue weighted by Crippen LogP contribution is -2.26. The molecule has 3 aromatic rings. The van der Waals surface area contributed by atoms with Crippen molar-refractivity contribution >= 4 is 34.2 Å². The number of aliphatic hydroxyl groups is 1. The normalized spacial score (nSPS) is 13.3. The molecule has 0 saturated carbocycles. The van der Waals surface area contributed by atoms with Crippen molar-refractivity contribution in [2.24, 2.45) is 0 Å². The molecule has 6 heteroatoms. The molecule has 26 heavy (non-hydrogen) atoms. The predicted octanol–water partition coefficient (Wildman–Crippen LogP) is 3.71. The maximum absolute atomic E-state index is 11.4. The first-order valence-electron chi connectivity index (χ1n) is 8.00. The monoisotopic (exact) mass is 369 g/mol. The molecule has 0 fully saturated rings. The van der Waals surface area contributed by atoms with Crippen LogP contribution in [0.5, 0.6) is 5.75 Å². The molecule has 0 aliphatic rings. The number of carbonyl (C=O) groups is 1. The van der Waals surface area contributed by atoms with E-state index in [0.717, 1.165) is 15.7 Å². The van der Waals surface area contributed by atoms with Gasteiger partial charge in [-0.3, -0.25) is 0 Å². The maximum atomic E-state index is 11.4. The lowest BCUT2D eigenvalue weighted by Gasteiger charge is -2.21. The number of carboxylic acid groups (broad SMARTS) is 1. The van der Waals surface area contributed by atoms with Gasteiger partial charge in [-0.15, -0.1) is 11.8 Å². The van der Waals surface area contributed by atoms with Gasteiger partial charge in [-0.1, -0.05) is 42.5 Å². The third-order valence-electron chi connectivity index (χ3n) is 4.17. The lowest BCUT2D eigenvalue weighted by molar-refractivity contribution is -0.146. The Morgan fingerprint density at radius 2 is 1.77 bits per heavy atom. The van der Waals surface area contributed by atoms with Crippen molar-refractivity contribution in [1.29, 1.82) is 0 Å². The molecule has 0 aromatic heterocycles. The third kappa shape index (κ3) is 3.61. The Labute approximate surface area is 155 Å². The van der Waals surface area contributed by atoms with Gasteiger partial charge < -0.3 is 20.7 Å². The quantitative estimate of drug-likeness (QED) is 0.453. The molecule has 0 aliphatic carbocycles. The van der Waals surface area contributed by atoms with Crippen molar-refractivity contribution in [2.45, 2.75) is 16.2 Å². The van der Waals surface area contributed by atoms with Gasteiger partial charge in [0, 0.05) is 10.3 Å². The van der Waals surface area contributed by atoms with E-state index in [1.807, 2.05) is 36.4 Å². The average molecular weight is 369 g/mol. The topological polar surface area (TPSA) is 92.8 Å². The standard InChI is InChI=1S/C20H19NO4S/c1-25-14-9-6-13(7-10-14)19(18(22)20(23)24)26-16-11-8-12-4-2-3-5-15(12)17(16)21/h2-11,18-19,22H,21H2,1H3,(H,23,24)/t18-,19-/m1/s1. The van der Waals surface area contributed by atoms with E-state index in [9.17, 15) is 15.0 Å². The summed E-state index contributed by atoms with van der Waals surface area (Å²) < 4.78 is 5.14. The van der Waals surface area contributed by atoms with Gasteiger partial charge in [0.15, 0.2) is 6.10 Å². The summed E-state index contributed by atoms with van der Waals surface area (Å²) in [5.74, 6) is -0.620. The number of ether oxygens (including phenoxy) is 1. The first kappa shape index (κ1) is 18.1. The van der Waals surface area contributed by atoms with E-state index in [2.05, 4.69) is 0 Å². The summed E-state index contributed by atoms with van der Waals surface area (Å²) in [7, 11) is 1.56. The number of rotatable bonds is 6. The van der Waals surface area contributed by atoms with Crippen molar-refractivity contribution in [2.75, 3.05) is 12.8 Å². The largest absolute Gasteiger partial charge is 0.497 e. The summed E-state index contributed by atoms with van der Waals surface area (Å²) in [5, 5.41) is 20.8. The van der Waals surface area contributed by atoms with Gasteiger partial charge in [0.25, 0.3) is 0 Å². The van der Waals surface area contributed by atoms with Crippen LogP contribution >= 0.6 is 11.8 Å². The highest BCUT2D eigenvalue weighted by molar-refractivity contribution is 7.99. The zero-order valence-corrected chi connectivity index (χ0v) is 14.9. The van der Waals surface area contributed by atoms with Crippen LogP contribution in [0.2, 0.25) is 0 Å². The van der Waals surface area contributed by atoms with E-state index in [1.165, 1.54) is 11.8 Å². The molecular weight excluding hydrogens is 350 g/mol. The zero-order valence-electron chi connectivity index (χ0n) is 14.1. The minimum absolute atomic E-state index is 0.573. The smallest absolute Gasteiger partial charge is 0.334 e. The van der Waals surface area contributed by atoms with Crippen LogP contribution in [0.4, 0.5) is 5.69 Å². The summed E-state index contributed by atoms with van der Waals surface area (Å²) in [6.07, 6.45) is -1.57. The van der Waals surface area contributed by atoms with E-state index >= 15 is 0 Å². The van der Waals surface area contributed by atoms with Crippen LogP contribution in [0, 0.1) is 0 Å². The molecule has 0 aliphatic heterocycles. The zero-order chi connectivity index (χ0) is 18.7. The van der Waals surface area contributed by atoms with Gasteiger partial charge in [-0.05, 0) is 29.1 Å². The van der Waals surface area contributed by atoms with E-state index in [-0.39, 0.29) is 0 Å². The molecule has 134 valence electrons. The summed E-state index contributed by atoms with van der Waals surface area (Å²) in [6, 6.07) is 18.5. The second kappa shape index (κ2) is 7.68. The number of anilines is 1. The van der Waals surface area contributed by atoms with Gasteiger partial charge in [0.1, 0.15) is 5.75 Å². The molecule has 3 rings (SSSR count). The molecule has 3 aromatic carbocycles. The maximum Gasteiger partial charge on any atom is 0.334 e. The van der Waals surface area contributed by atoms with Crippen molar-refractivity contribution in [1.82, 2.24) is 0 Å². The number of benzene rings is 3. The number of nitrogen functional groups attached to an aromatic ring is 1. The second-order valence-corrected chi connectivity index (χ2v) is 6.98. The summed E-state index contributed by atoms with van der Waals surface area (Å²) in [6.45, 7) is 0. The van der Waals surface area contributed by atoms with E-state index in [0.29, 0.717) is 17.0 Å². The summed E-state index contributed by atoms with van der Waals surface area (Å²) in [4.78, 5) is 12.1. The Balaban J connectivity index is 2.00. The Morgan fingerprint density at radius 1 is 1.08 bits per heavy atom. The van der Waals surface area contributed by atoms with Gasteiger partial charge in [0.2, 0.25) is 0 Å². The Hall–Kier alpha value is -2.70. The summed E-state index contributed by atoms with van der Waals surface area (Å²) >= 11 is 1.24. The van der Waals surface area contributed by atoms with Crippen LogP contribution in [0.15, 0.2) is 65.6 Å². The van der Waals surface area contributed by atoms with Gasteiger partial charge >= 0.3 is 5.97 Å². The van der Waals surface area contributed by atoms with E-state index < -0.39 is 17.3 Å². The number of fused-ring (bicyclic) bond motifs is 1. The number of carboxylic acids is 1. The van der Waals surface area contributed by atoms with Crippen molar-refractivity contribution in [3.05, 3.63) is 66.2 Å². The average Bonchev–Trinajstić information content (AvgIpc) is 2.67.